The fourth-order valence-electron chi connectivity index (χ4n) is 4.19. The van der Waals surface area contributed by atoms with Gasteiger partial charge in [-0.25, -0.2) is 18.7 Å². The number of aryl methyl sites for hydroxylation is 1. The number of nitrogens with two attached hydrogens (primary N) is 1. The maximum atomic E-state index is 15.0. The lowest BCUT2D eigenvalue weighted by molar-refractivity contribution is -0.126. The van der Waals surface area contributed by atoms with E-state index in [4.69, 9.17) is 17.3 Å². The number of halogens is 3. The van der Waals surface area contributed by atoms with E-state index in [-0.39, 0.29) is 34.9 Å². The number of rotatable bonds is 7. The van der Waals surface area contributed by atoms with Gasteiger partial charge in [-0.1, -0.05) is 18.2 Å². The number of hydrogen-bond donors (Lipinski definition) is 3. The Kier molecular flexibility index (Phi) is 7.70. The van der Waals surface area contributed by atoms with Gasteiger partial charge in [0.05, 0.1) is 22.7 Å². The van der Waals surface area contributed by atoms with Gasteiger partial charge in [0.25, 0.3) is 0 Å². The number of fused-ring (bicyclic) bond motifs is 1. The van der Waals surface area contributed by atoms with E-state index in [2.05, 4.69) is 26.8 Å². The molecule has 1 aromatic carbocycles. The summed E-state index contributed by atoms with van der Waals surface area (Å²) in [4.78, 5) is 29.0. The third-order valence-corrected chi connectivity index (χ3v) is 6.76. The second kappa shape index (κ2) is 10.7. The number of aliphatic hydroxyl groups is 1. The molecule has 1 aliphatic rings. The van der Waals surface area contributed by atoms with Crippen molar-refractivity contribution in [1.82, 2.24) is 19.9 Å². The molecule has 1 saturated heterocycles. The topological polar surface area (TPSA) is 120 Å². The number of carbonyl (C=O) groups is 1. The number of nitrogens with one attached hydrogen (secondary N) is 1. The monoisotopic (exact) mass is 545 g/mol. The number of hydrogen-bond acceptors (Lipinski definition) is 8. The summed E-state index contributed by atoms with van der Waals surface area (Å²) in [6.07, 6.45) is -0.312. The third-order valence-electron chi connectivity index (χ3n) is 6.45. The van der Waals surface area contributed by atoms with Crippen molar-refractivity contribution in [1.29, 1.82) is 0 Å². The SMILES string of the molecule is C=CC(=O)N1CCN(c2nc(NCC(F)C(C)(C)O)nc3cc(-c4nc(N)cc(C)c4F)c(Cl)cc23)CC1. The van der Waals surface area contributed by atoms with Gasteiger partial charge in [0.2, 0.25) is 11.9 Å². The van der Waals surface area contributed by atoms with Gasteiger partial charge in [-0.2, -0.15) is 4.98 Å². The number of carbonyl (C=O) groups excluding carboxylic acids is 1. The molecule has 1 amide bonds. The highest BCUT2D eigenvalue weighted by Gasteiger charge is 2.28. The summed E-state index contributed by atoms with van der Waals surface area (Å²) >= 11 is 6.62. The molecule has 202 valence electrons. The first-order chi connectivity index (χ1) is 17.9. The highest BCUT2D eigenvalue weighted by molar-refractivity contribution is 6.34. The largest absolute Gasteiger partial charge is 0.387 e. The summed E-state index contributed by atoms with van der Waals surface area (Å²) in [6, 6.07) is 4.67. The summed E-state index contributed by atoms with van der Waals surface area (Å²) in [5.74, 6) is 0.0802. The molecule has 0 saturated carbocycles. The molecule has 9 nitrogen and oxygen atoms in total. The van der Waals surface area contributed by atoms with Crippen molar-refractivity contribution in [3.8, 4) is 11.3 Å². The summed E-state index contributed by atoms with van der Waals surface area (Å²) in [6.45, 7) is 9.50. The molecule has 0 bridgehead atoms. The molecule has 1 fully saturated rings. The number of alkyl halides is 1. The first kappa shape index (κ1) is 27.5. The molecule has 4 N–H and O–H groups in total. The van der Waals surface area contributed by atoms with Crippen molar-refractivity contribution in [2.24, 2.45) is 0 Å². The number of pyridine rings is 1. The second-order valence-corrected chi connectivity index (χ2v) is 10.2. The molecule has 4 rings (SSSR count). The predicted octanol–water partition coefficient (Wildman–Crippen LogP) is 3.73. The van der Waals surface area contributed by atoms with Crippen LogP contribution in [-0.4, -0.2) is 75.4 Å². The van der Waals surface area contributed by atoms with E-state index in [9.17, 15) is 14.3 Å². The zero-order chi connectivity index (χ0) is 27.8. The second-order valence-electron chi connectivity index (χ2n) is 9.77. The lowest BCUT2D eigenvalue weighted by Gasteiger charge is -2.35. The number of benzene rings is 1. The highest BCUT2D eigenvalue weighted by atomic mass is 35.5. The number of nitrogen functional groups attached to an aromatic ring is 1. The van der Waals surface area contributed by atoms with Gasteiger partial charge in [0.15, 0.2) is 5.82 Å². The van der Waals surface area contributed by atoms with E-state index in [0.717, 1.165) is 0 Å². The standard InChI is InChI=1S/C26H30ClF2N7O2/c1-5-21(37)35-6-8-36(9-7-35)24-16-11-17(27)15(23-22(29)14(2)10-20(30)33-23)12-18(16)32-25(34-24)31-13-19(28)26(3,4)38/h5,10-12,19,38H,1,6-9,13H2,2-4H3,(H2,30,33)(H,31,32,34). The smallest absolute Gasteiger partial charge is 0.246 e. The van der Waals surface area contributed by atoms with Gasteiger partial charge in [0.1, 0.15) is 23.5 Å². The summed E-state index contributed by atoms with van der Waals surface area (Å²) in [5, 5.41) is 13.7. The Labute approximate surface area is 224 Å². The maximum absolute atomic E-state index is 15.0. The molecule has 1 aliphatic heterocycles. The molecule has 2 aromatic heterocycles. The number of aromatic nitrogens is 3. The summed E-state index contributed by atoms with van der Waals surface area (Å²) in [5.41, 5.74) is 5.33. The molecule has 0 aliphatic carbocycles. The molecule has 38 heavy (non-hydrogen) atoms. The van der Waals surface area contributed by atoms with Crippen molar-refractivity contribution in [2.45, 2.75) is 32.5 Å². The minimum atomic E-state index is -1.59. The Morgan fingerprint density at radius 1 is 1.26 bits per heavy atom. The van der Waals surface area contributed by atoms with E-state index in [1.54, 1.807) is 24.0 Å². The Bertz CT molecular complexity index is 1390. The van der Waals surface area contributed by atoms with Gasteiger partial charge in [-0.3, -0.25) is 4.79 Å². The minimum Gasteiger partial charge on any atom is -0.387 e. The fraction of sp³-hybridized carbons (Fsp3) is 0.385. The average Bonchev–Trinajstić information content (AvgIpc) is 2.87. The van der Waals surface area contributed by atoms with Gasteiger partial charge in [-0.15, -0.1) is 0 Å². The van der Waals surface area contributed by atoms with Crippen LogP contribution in [0.4, 0.5) is 26.4 Å². The lowest BCUT2D eigenvalue weighted by atomic mass is 10.0. The Morgan fingerprint density at radius 2 is 1.95 bits per heavy atom. The van der Waals surface area contributed by atoms with Crippen molar-refractivity contribution in [3.63, 3.8) is 0 Å². The first-order valence-electron chi connectivity index (χ1n) is 12.1. The summed E-state index contributed by atoms with van der Waals surface area (Å²) < 4.78 is 29.5. The van der Waals surface area contributed by atoms with Crippen molar-refractivity contribution in [3.05, 3.63) is 47.3 Å². The minimum absolute atomic E-state index is 0.00789. The lowest BCUT2D eigenvalue weighted by Crippen LogP contribution is -2.48. The van der Waals surface area contributed by atoms with Crippen LogP contribution in [0.15, 0.2) is 30.9 Å². The maximum Gasteiger partial charge on any atom is 0.246 e. The normalized spacial score (nSPS) is 15.0. The Balaban J connectivity index is 1.80. The molecule has 0 spiro atoms. The number of anilines is 3. The van der Waals surface area contributed by atoms with E-state index in [1.165, 1.54) is 26.0 Å². The van der Waals surface area contributed by atoms with Crippen molar-refractivity contribution in [2.75, 3.05) is 48.7 Å². The first-order valence-corrected chi connectivity index (χ1v) is 12.5. The van der Waals surface area contributed by atoms with Crippen LogP contribution >= 0.6 is 11.6 Å². The average molecular weight is 546 g/mol. The molecule has 3 aromatic rings. The Morgan fingerprint density at radius 3 is 2.58 bits per heavy atom. The van der Waals surface area contributed by atoms with Crippen LogP contribution in [0.3, 0.4) is 0 Å². The van der Waals surface area contributed by atoms with Crippen molar-refractivity contribution < 1.29 is 18.7 Å². The van der Waals surface area contributed by atoms with E-state index in [1.807, 2.05) is 4.90 Å². The van der Waals surface area contributed by atoms with Gasteiger partial charge >= 0.3 is 0 Å². The van der Waals surface area contributed by atoms with Gasteiger partial charge in [0, 0.05) is 37.1 Å². The van der Waals surface area contributed by atoms with Crippen molar-refractivity contribution >= 4 is 46.0 Å². The zero-order valence-corrected chi connectivity index (χ0v) is 22.2. The predicted molar refractivity (Wildman–Crippen MR) is 146 cm³/mol. The number of nitrogens with zero attached hydrogens (tertiary/aromatic N) is 5. The third kappa shape index (κ3) is 5.63. The quantitative estimate of drug-likeness (QED) is 0.384. The Hall–Kier alpha value is -3.57. The molecule has 3 heterocycles. The van der Waals surface area contributed by atoms with E-state index < -0.39 is 17.6 Å². The molecular formula is C26H30ClF2N7O2. The number of amides is 1. The van der Waals surface area contributed by atoms with Crippen LogP contribution in [0.2, 0.25) is 5.02 Å². The van der Waals surface area contributed by atoms with E-state index in [0.29, 0.717) is 54.0 Å². The van der Waals surface area contributed by atoms with Crippen LogP contribution in [0.25, 0.3) is 22.2 Å². The molecule has 12 heteroatoms. The van der Waals surface area contributed by atoms with E-state index >= 15 is 4.39 Å². The van der Waals surface area contributed by atoms with Gasteiger partial charge < -0.3 is 26.0 Å². The van der Waals surface area contributed by atoms with Crippen LogP contribution in [0, 0.1) is 12.7 Å². The number of piperazine rings is 1. The molecule has 1 atom stereocenters. The highest BCUT2D eigenvalue weighted by Crippen LogP contribution is 2.37. The molecule has 1 unspecified atom stereocenters. The molecule has 0 radical (unpaired) electrons. The van der Waals surface area contributed by atoms with Crippen LogP contribution in [-0.2, 0) is 4.79 Å². The van der Waals surface area contributed by atoms with Crippen LogP contribution in [0.5, 0.6) is 0 Å². The van der Waals surface area contributed by atoms with Crippen LogP contribution < -0.4 is 16.0 Å². The fourth-order valence-corrected chi connectivity index (χ4v) is 4.45. The molecular weight excluding hydrogens is 516 g/mol. The summed E-state index contributed by atoms with van der Waals surface area (Å²) in [7, 11) is 0. The van der Waals surface area contributed by atoms with Gasteiger partial charge in [-0.05, 0) is 50.6 Å². The zero-order valence-electron chi connectivity index (χ0n) is 21.4. The van der Waals surface area contributed by atoms with Crippen LogP contribution in [0.1, 0.15) is 19.4 Å².